The summed E-state index contributed by atoms with van der Waals surface area (Å²) in [7, 11) is -0.884. The Labute approximate surface area is 150 Å². The number of aliphatic imine (C=N–C) groups is 1. The molecule has 130 valence electrons. The van der Waals surface area contributed by atoms with E-state index in [0.29, 0.717) is 24.6 Å². The minimum atomic E-state index is -0.884. The predicted octanol–water partition coefficient (Wildman–Crippen LogP) is 2.46. The van der Waals surface area contributed by atoms with Crippen LogP contribution in [-0.2, 0) is 23.1 Å². The average Bonchev–Trinajstić information content (AvgIpc) is 2.99. The summed E-state index contributed by atoms with van der Waals surface area (Å²) in [6.45, 7) is 6.04. The van der Waals surface area contributed by atoms with Crippen LogP contribution in [0.15, 0.2) is 41.5 Å². The van der Waals surface area contributed by atoms with Gasteiger partial charge in [0.15, 0.2) is 5.96 Å². The van der Waals surface area contributed by atoms with Crippen LogP contribution in [0.3, 0.4) is 0 Å². The molecule has 7 heteroatoms. The molecule has 0 saturated carbocycles. The van der Waals surface area contributed by atoms with Crippen molar-refractivity contribution in [1.82, 2.24) is 15.6 Å². The summed E-state index contributed by atoms with van der Waals surface area (Å²) in [5, 5.41) is 7.43. The average molecular weight is 365 g/mol. The third-order valence-corrected chi connectivity index (χ3v) is 5.39. The number of nitrogens with zero attached hydrogens (tertiary/aromatic N) is 2. The normalized spacial score (nSPS) is 12.8. The lowest BCUT2D eigenvalue weighted by Gasteiger charge is -2.10. The van der Waals surface area contributed by atoms with Crippen LogP contribution in [0.4, 0.5) is 0 Å². The largest absolute Gasteiger partial charge is 0.357 e. The lowest BCUT2D eigenvalue weighted by atomic mass is 10.2. The lowest BCUT2D eigenvalue weighted by Crippen LogP contribution is -2.39. The fourth-order valence-corrected chi connectivity index (χ4v) is 3.83. The number of rotatable bonds is 8. The fourth-order valence-electron chi connectivity index (χ4n) is 2.08. The number of nitrogens with one attached hydrogen (secondary N) is 2. The van der Waals surface area contributed by atoms with Gasteiger partial charge in [-0.2, -0.15) is 0 Å². The van der Waals surface area contributed by atoms with Crippen molar-refractivity contribution in [1.29, 1.82) is 0 Å². The first-order chi connectivity index (χ1) is 11.7. The van der Waals surface area contributed by atoms with Crippen LogP contribution in [0, 0.1) is 6.92 Å². The number of aryl methyl sites for hydroxylation is 1. The summed E-state index contributed by atoms with van der Waals surface area (Å²) in [5.41, 5.74) is 1.11. The molecule has 2 rings (SSSR count). The smallest absolute Gasteiger partial charge is 0.191 e. The first-order valence-corrected chi connectivity index (χ1v) is 10.3. The van der Waals surface area contributed by atoms with Crippen LogP contribution in [0.1, 0.15) is 22.4 Å². The summed E-state index contributed by atoms with van der Waals surface area (Å²) in [6, 6.07) is 9.93. The highest BCUT2D eigenvalue weighted by atomic mass is 32.2. The molecule has 1 aromatic carbocycles. The minimum absolute atomic E-state index is 0.556. The molecular weight excluding hydrogens is 340 g/mol. The van der Waals surface area contributed by atoms with Crippen molar-refractivity contribution >= 4 is 28.1 Å². The second-order valence-electron chi connectivity index (χ2n) is 5.26. The van der Waals surface area contributed by atoms with Crippen LogP contribution in [0.5, 0.6) is 0 Å². The molecule has 1 aromatic heterocycles. The summed E-state index contributed by atoms with van der Waals surface area (Å²) < 4.78 is 12.1. The second-order valence-corrected chi connectivity index (χ2v) is 8.16. The molecule has 0 bridgehead atoms. The van der Waals surface area contributed by atoms with Crippen molar-refractivity contribution < 1.29 is 4.21 Å². The fraction of sp³-hybridized carbons (Fsp3) is 0.412. The van der Waals surface area contributed by atoms with Gasteiger partial charge < -0.3 is 10.6 Å². The van der Waals surface area contributed by atoms with E-state index in [-0.39, 0.29) is 0 Å². The zero-order valence-electron chi connectivity index (χ0n) is 14.1. The summed E-state index contributed by atoms with van der Waals surface area (Å²) >= 11 is 1.66. The molecule has 0 spiro atoms. The van der Waals surface area contributed by atoms with Gasteiger partial charge in [0.2, 0.25) is 0 Å². The Morgan fingerprint density at radius 1 is 1.29 bits per heavy atom. The Balaban J connectivity index is 1.77. The molecule has 0 radical (unpaired) electrons. The highest BCUT2D eigenvalue weighted by Crippen LogP contribution is 2.11. The first kappa shape index (κ1) is 18.6. The van der Waals surface area contributed by atoms with E-state index in [1.807, 2.05) is 50.4 Å². The van der Waals surface area contributed by atoms with Gasteiger partial charge >= 0.3 is 0 Å². The molecule has 0 amide bonds. The highest BCUT2D eigenvalue weighted by Gasteiger charge is 2.04. The van der Waals surface area contributed by atoms with Crippen LogP contribution >= 0.6 is 11.3 Å². The van der Waals surface area contributed by atoms with E-state index in [1.165, 1.54) is 4.88 Å². The molecule has 1 heterocycles. The van der Waals surface area contributed by atoms with E-state index in [1.54, 1.807) is 11.3 Å². The monoisotopic (exact) mass is 364 g/mol. The van der Waals surface area contributed by atoms with Gasteiger partial charge in [0.25, 0.3) is 0 Å². The maximum atomic E-state index is 12.1. The molecule has 1 unspecified atom stereocenters. The SMILES string of the molecule is CCNC(=NCc1ncc(C)s1)NCCS(=O)Cc1ccccc1. The van der Waals surface area contributed by atoms with Crippen molar-refractivity contribution in [2.24, 2.45) is 4.99 Å². The van der Waals surface area contributed by atoms with Gasteiger partial charge in [-0.25, -0.2) is 9.98 Å². The van der Waals surface area contributed by atoms with Gasteiger partial charge in [-0.15, -0.1) is 11.3 Å². The number of hydrogen-bond donors (Lipinski definition) is 2. The Hall–Kier alpha value is -1.73. The van der Waals surface area contributed by atoms with Gasteiger partial charge in [0, 0.05) is 46.5 Å². The molecule has 2 aromatic rings. The molecule has 24 heavy (non-hydrogen) atoms. The molecule has 2 N–H and O–H groups in total. The second kappa shape index (κ2) is 10.2. The van der Waals surface area contributed by atoms with Crippen molar-refractivity contribution in [3.8, 4) is 0 Å². The highest BCUT2D eigenvalue weighted by molar-refractivity contribution is 7.84. The standard InChI is InChI=1S/C17H24N4OS2/c1-3-18-17(21-12-16-20-11-14(2)23-16)19-9-10-24(22)13-15-7-5-4-6-8-15/h4-8,11H,3,9-10,12-13H2,1-2H3,(H2,18,19,21). The number of hydrogen-bond acceptors (Lipinski definition) is 4. The van der Waals surface area contributed by atoms with Crippen LogP contribution in [-0.4, -0.2) is 34.0 Å². The van der Waals surface area contributed by atoms with Gasteiger partial charge in [0.05, 0.1) is 6.54 Å². The maximum absolute atomic E-state index is 12.1. The number of guanidine groups is 1. The first-order valence-electron chi connectivity index (χ1n) is 7.99. The molecule has 5 nitrogen and oxygen atoms in total. The van der Waals surface area contributed by atoms with Crippen molar-refractivity contribution in [3.63, 3.8) is 0 Å². The molecular formula is C17H24N4OS2. The molecule has 1 atom stereocenters. The summed E-state index contributed by atoms with van der Waals surface area (Å²) in [5.74, 6) is 1.92. The zero-order chi connectivity index (χ0) is 17.2. The van der Waals surface area contributed by atoms with Gasteiger partial charge in [-0.1, -0.05) is 30.3 Å². The topological polar surface area (TPSA) is 66.4 Å². The van der Waals surface area contributed by atoms with Crippen molar-refractivity contribution in [2.45, 2.75) is 26.1 Å². The van der Waals surface area contributed by atoms with Gasteiger partial charge in [0.1, 0.15) is 5.01 Å². The van der Waals surface area contributed by atoms with Gasteiger partial charge in [-0.05, 0) is 19.4 Å². The molecule has 0 saturated heterocycles. The van der Waals surface area contributed by atoms with Crippen LogP contribution < -0.4 is 10.6 Å². The molecule has 0 aliphatic heterocycles. The van der Waals surface area contributed by atoms with E-state index in [2.05, 4.69) is 20.6 Å². The minimum Gasteiger partial charge on any atom is -0.357 e. The predicted molar refractivity (Wildman–Crippen MR) is 103 cm³/mol. The van der Waals surface area contributed by atoms with E-state index >= 15 is 0 Å². The number of benzene rings is 1. The Morgan fingerprint density at radius 3 is 2.75 bits per heavy atom. The zero-order valence-corrected chi connectivity index (χ0v) is 15.8. The Morgan fingerprint density at radius 2 is 2.08 bits per heavy atom. The van der Waals surface area contributed by atoms with Gasteiger partial charge in [-0.3, -0.25) is 4.21 Å². The molecule has 0 aliphatic rings. The maximum Gasteiger partial charge on any atom is 0.191 e. The summed E-state index contributed by atoms with van der Waals surface area (Å²) in [4.78, 5) is 10.0. The van der Waals surface area contributed by atoms with E-state index in [9.17, 15) is 4.21 Å². The Bertz CT molecular complexity index is 670. The third-order valence-electron chi connectivity index (χ3n) is 3.18. The van der Waals surface area contributed by atoms with E-state index < -0.39 is 10.8 Å². The number of thiazole rings is 1. The van der Waals surface area contributed by atoms with E-state index in [0.717, 1.165) is 23.1 Å². The molecule has 0 fully saturated rings. The lowest BCUT2D eigenvalue weighted by molar-refractivity contribution is 0.680. The van der Waals surface area contributed by atoms with Crippen LogP contribution in [0.25, 0.3) is 0 Å². The third kappa shape index (κ3) is 6.80. The van der Waals surface area contributed by atoms with Crippen molar-refractivity contribution in [3.05, 3.63) is 52.0 Å². The van der Waals surface area contributed by atoms with Crippen molar-refractivity contribution in [2.75, 3.05) is 18.8 Å². The quantitative estimate of drug-likeness (QED) is 0.558. The number of aromatic nitrogens is 1. The van der Waals surface area contributed by atoms with Crippen LogP contribution in [0.2, 0.25) is 0 Å². The van der Waals surface area contributed by atoms with E-state index in [4.69, 9.17) is 0 Å². The summed E-state index contributed by atoms with van der Waals surface area (Å²) in [6.07, 6.45) is 1.86. The molecule has 0 aliphatic carbocycles. The Kier molecular flexibility index (Phi) is 7.91.